The molecule has 2 rings (SSSR count). The monoisotopic (exact) mass is 250 g/mol. The topological polar surface area (TPSA) is 24.9 Å². The Kier molecular flexibility index (Phi) is 4.86. The Balaban J connectivity index is 1.89. The van der Waals surface area contributed by atoms with Gasteiger partial charge < -0.3 is 5.32 Å². The maximum atomic E-state index is 4.54. The van der Waals surface area contributed by atoms with Crippen molar-refractivity contribution in [2.75, 3.05) is 7.05 Å². The molecule has 1 aliphatic rings. The van der Waals surface area contributed by atoms with Gasteiger partial charge in [-0.25, -0.2) is 4.98 Å². The van der Waals surface area contributed by atoms with E-state index in [-0.39, 0.29) is 0 Å². The molecule has 0 aromatic carbocycles. The summed E-state index contributed by atoms with van der Waals surface area (Å²) in [6, 6.07) is 4.34. The molecule has 0 amide bonds. The molecule has 1 saturated carbocycles. The second kappa shape index (κ2) is 6.41. The van der Waals surface area contributed by atoms with Crippen molar-refractivity contribution in [1.29, 1.82) is 0 Å². The normalized spacial score (nSPS) is 24.8. The lowest BCUT2D eigenvalue weighted by Gasteiger charge is -2.25. The van der Waals surface area contributed by atoms with E-state index in [0.29, 0.717) is 0 Å². The first-order chi connectivity index (χ1) is 8.28. The highest BCUT2D eigenvalue weighted by Crippen LogP contribution is 2.35. The maximum Gasteiger partial charge on any atom is 0.0962 e. The Morgan fingerprint density at radius 2 is 2.29 bits per heavy atom. The van der Waals surface area contributed by atoms with E-state index in [1.54, 1.807) is 0 Å². The van der Waals surface area contributed by atoms with Crippen molar-refractivity contribution in [3.05, 3.63) is 23.9 Å². The van der Waals surface area contributed by atoms with Gasteiger partial charge in [0, 0.05) is 18.0 Å². The molecule has 2 atom stereocenters. The zero-order chi connectivity index (χ0) is 12.1. The summed E-state index contributed by atoms with van der Waals surface area (Å²) < 4.78 is 0. The number of rotatable bonds is 4. The molecule has 17 heavy (non-hydrogen) atoms. The summed E-state index contributed by atoms with van der Waals surface area (Å²) in [5.41, 5.74) is 1.26. The number of nitrogens with zero attached hydrogens (tertiary/aromatic N) is 1. The highest BCUT2D eigenvalue weighted by molar-refractivity contribution is 7.99. The molecule has 1 aliphatic carbocycles. The molecule has 1 aromatic heterocycles. The van der Waals surface area contributed by atoms with Crippen LogP contribution in [0.15, 0.2) is 23.4 Å². The van der Waals surface area contributed by atoms with Gasteiger partial charge in [0.15, 0.2) is 0 Å². The van der Waals surface area contributed by atoms with Gasteiger partial charge in [-0.05, 0) is 37.4 Å². The quantitative estimate of drug-likeness (QED) is 0.885. The first kappa shape index (κ1) is 12.9. The minimum Gasteiger partial charge on any atom is -0.316 e. The summed E-state index contributed by atoms with van der Waals surface area (Å²) in [5.74, 6) is 0.893. The molecule has 3 heteroatoms. The predicted octanol–water partition coefficient (Wildman–Crippen LogP) is 3.47. The van der Waals surface area contributed by atoms with E-state index >= 15 is 0 Å². The number of pyridine rings is 1. The van der Waals surface area contributed by atoms with E-state index in [2.05, 4.69) is 29.4 Å². The van der Waals surface area contributed by atoms with Crippen LogP contribution in [0.4, 0.5) is 0 Å². The van der Waals surface area contributed by atoms with Crippen molar-refractivity contribution in [3.8, 4) is 0 Å². The number of aromatic nitrogens is 1. The highest BCUT2D eigenvalue weighted by atomic mass is 32.2. The van der Waals surface area contributed by atoms with E-state index in [4.69, 9.17) is 0 Å². The first-order valence-corrected chi connectivity index (χ1v) is 7.42. The van der Waals surface area contributed by atoms with Crippen LogP contribution in [0.2, 0.25) is 0 Å². The minimum absolute atomic E-state index is 0.779. The molecule has 0 spiro atoms. The summed E-state index contributed by atoms with van der Waals surface area (Å²) in [4.78, 5) is 4.54. The Labute approximate surface area is 109 Å². The third kappa shape index (κ3) is 4.00. The van der Waals surface area contributed by atoms with E-state index in [1.807, 2.05) is 25.0 Å². The van der Waals surface area contributed by atoms with Gasteiger partial charge >= 0.3 is 0 Å². The number of hydrogen-bond acceptors (Lipinski definition) is 3. The molecule has 94 valence electrons. The Bertz CT molecular complexity index is 337. The summed E-state index contributed by atoms with van der Waals surface area (Å²) in [6.07, 6.45) is 7.49. The maximum absolute atomic E-state index is 4.54. The van der Waals surface area contributed by atoms with E-state index in [0.717, 1.165) is 17.7 Å². The lowest BCUT2D eigenvalue weighted by atomic mass is 9.91. The average Bonchev–Trinajstić information content (AvgIpc) is 2.32. The van der Waals surface area contributed by atoms with Crippen LogP contribution in [-0.2, 0) is 6.54 Å². The largest absolute Gasteiger partial charge is 0.316 e. The van der Waals surface area contributed by atoms with Gasteiger partial charge in [0.25, 0.3) is 0 Å². The Hall–Kier alpha value is -0.540. The number of nitrogens with one attached hydrogen (secondary N) is 1. The van der Waals surface area contributed by atoms with Gasteiger partial charge in [0.05, 0.1) is 5.03 Å². The molecular formula is C14H22N2S. The lowest BCUT2D eigenvalue weighted by molar-refractivity contribution is 0.394. The van der Waals surface area contributed by atoms with Crippen LogP contribution in [0.5, 0.6) is 0 Å². The van der Waals surface area contributed by atoms with Crippen molar-refractivity contribution in [1.82, 2.24) is 10.3 Å². The second-order valence-corrected chi connectivity index (χ2v) is 6.37. The van der Waals surface area contributed by atoms with Crippen LogP contribution in [-0.4, -0.2) is 17.3 Å². The molecule has 1 N–H and O–H groups in total. The zero-order valence-electron chi connectivity index (χ0n) is 10.8. The fourth-order valence-electron chi connectivity index (χ4n) is 2.45. The standard InChI is InChI=1S/C14H22N2S/c1-11-4-3-5-13(8-11)17-14-7-6-12(9-15-2)10-16-14/h6-7,10-11,13,15H,3-5,8-9H2,1-2H3. The SMILES string of the molecule is CNCc1ccc(SC2CCCC(C)C2)nc1. The summed E-state index contributed by atoms with van der Waals surface area (Å²) in [6.45, 7) is 3.27. The molecule has 2 nitrogen and oxygen atoms in total. The van der Waals surface area contributed by atoms with Crippen LogP contribution in [0.1, 0.15) is 38.2 Å². The minimum atomic E-state index is 0.779. The second-order valence-electron chi connectivity index (χ2n) is 5.05. The Morgan fingerprint density at radius 1 is 1.41 bits per heavy atom. The molecule has 2 unspecified atom stereocenters. The Morgan fingerprint density at radius 3 is 2.94 bits per heavy atom. The molecule has 0 saturated heterocycles. The molecule has 1 heterocycles. The van der Waals surface area contributed by atoms with Crippen molar-refractivity contribution in [3.63, 3.8) is 0 Å². The van der Waals surface area contributed by atoms with Crippen LogP contribution >= 0.6 is 11.8 Å². The van der Waals surface area contributed by atoms with Gasteiger partial charge in [-0.2, -0.15) is 0 Å². The molecule has 0 radical (unpaired) electrons. The van der Waals surface area contributed by atoms with Gasteiger partial charge in [-0.15, -0.1) is 11.8 Å². The fourth-order valence-corrected chi connectivity index (χ4v) is 3.76. The number of thioether (sulfide) groups is 1. The molecular weight excluding hydrogens is 228 g/mol. The predicted molar refractivity (Wildman–Crippen MR) is 74.3 cm³/mol. The summed E-state index contributed by atoms with van der Waals surface area (Å²) in [7, 11) is 1.96. The van der Waals surface area contributed by atoms with Crippen LogP contribution in [0.25, 0.3) is 0 Å². The van der Waals surface area contributed by atoms with E-state index in [9.17, 15) is 0 Å². The zero-order valence-corrected chi connectivity index (χ0v) is 11.6. The van der Waals surface area contributed by atoms with Gasteiger partial charge in [0.1, 0.15) is 0 Å². The molecule has 1 fully saturated rings. The first-order valence-electron chi connectivity index (χ1n) is 6.54. The van der Waals surface area contributed by atoms with Crippen molar-refractivity contribution < 1.29 is 0 Å². The average molecular weight is 250 g/mol. The van der Waals surface area contributed by atoms with Crippen molar-refractivity contribution in [2.45, 2.75) is 49.4 Å². The fraction of sp³-hybridized carbons (Fsp3) is 0.643. The van der Waals surface area contributed by atoms with Gasteiger partial charge in [-0.3, -0.25) is 0 Å². The van der Waals surface area contributed by atoms with Crippen LogP contribution in [0, 0.1) is 5.92 Å². The summed E-state index contributed by atoms with van der Waals surface area (Å²) >= 11 is 1.96. The molecule has 0 aliphatic heterocycles. The van der Waals surface area contributed by atoms with Gasteiger partial charge in [0.2, 0.25) is 0 Å². The van der Waals surface area contributed by atoms with E-state index < -0.39 is 0 Å². The van der Waals surface area contributed by atoms with Crippen LogP contribution in [0.3, 0.4) is 0 Å². The van der Waals surface area contributed by atoms with E-state index in [1.165, 1.54) is 36.3 Å². The van der Waals surface area contributed by atoms with Crippen molar-refractivity contribution in [2.24, 2.45) is 5.92 Å². The third-order valence-electron chi connectivity index (χ3n) is 3.35. The van der Waals surface area contributed by atoms with Crippen molar-refractivity contribution >= 4 is 11.8 Å². The smallest absolute Gasteiger partial charge is 0.0962 e. The lowest BCUT2D eigenvalue weighted by Crippen LogP contribution is -2.15. The molecule has 1 aromatic rings. The van der Waals surface area contributed by atoms with Gasteiger partial charge in [-0.1, -0.05) is 25.8 Å². The number of hydrogen-bond donors (Lipinski definition) is 1. The molecule has 0 bridgehead atoms. The third-order valence-corrected chi connectivity index (χ3v) is 4.60. The highest BCUT2D eigenvalue weighted by Gasteiger charge is 2.19. The van der Waals surface area contributed by atoms with Crippen LogP contribution < -0.4 is 5.32 Å². The summed E-state index contributed by atoms with van der Waals surface area (Å²) in [5, 5.41) is 5.11.